The van der Waals surface area contributed by atoms with E-state index in [9.17, 15) is 4.79 Å². The number of aromatic amines is 1. The number of aromatic nitrogens is 3. The summed E-state index contributed by atoms with van der Waals surface area (Å²) >= 11 is 0. The highest BCUT2D eigenvalue weighted by molar-refractivity contribution is 5.69. The van der Waals surface area contributed by atoms with Crippen LogP contribution in [0.3, 0.4) is 0 Å². The molecule has 3 rings (SSSR count). The van der Waals surface area contributed by atoms with Crippen molar-refractivity contribution in [3.8, 4) is 6.01 Å². The lowest BCUT2D eigenvalue weighted by Gasteiger charge is -2.15. The average molecular weight is 287 g/mol. The maximum Gasteiger partial charge on any atom is 0.298 e. The molecule has 0 aliphatic carbocycles. The van der Waals surface area contributed by atoms with Gasteiger partial charge in [-0.15, -0.1) is 0 Å². The van der Waals surface area contributed by atoms with Crippen LogP contribution in [0.5, 0.6) is 6.01 Å². The summed E-state index contributed by atoms with van der Waals surface area (Å²) in [5.74, 6) is 0.654. The van der Waals surface area contributed by atoms with E-state index in [1.165, 1.54) is 0 Å². The van der Waals surface area contributed by atoms with Gasteiger partial charge in [-0.1, -0.05) is 13.0 Å². The monoisotopic (exact) mass is 287 g/mol. The summed E-state index contributed by atoms with van der Waals surface area (Å²) in [4.78, 5) is 25.1. The van der Waals surface area contributed by atoms with E-state index in [0.29, 0.717) is 24.8 Å². The highest BCUT2D eigenvalue weighted by atomic mass is 16.5. The molecule has 0 amide bonds. The van der Waals surface area contributed by atoms with Crippen molar-refractivity contribution in [2.75, 3.05) is 23.4 Å². The third-order valence-corrected chi connectivity index (χ3v) is 3.22. The number of hydrogen-bond donors (Lipinski definition) is 2. The fourth-order valence-corrected chi connectivity index (χ4v) is 2.24. The summed E-state index contributed by atoms with van der Waals surface area (Å²) in [6.07, 6.45) is 4.41. The van der Waals surface area contributed by atoms with Gasteiger partial charge in [-0.3, -0.25) is 14.8 Å². The van der Waals surface area contributed by atoms with E-state index in [4.69, 9.17) is 4.74 Å². The molecule has 2 aromatic rings. The third kappa shape index (κ3) is 2.81. The maximum atomic E-state index is 12.0. The minimum atomic E-state index is -0.209. The molecule has 2 N–H and O–H groups in total. The zero-order valence-corrected chi connectivity index (χ0v) is 11.8. The summed E-state index contributed by atoms with van der Waals surface area (Å²) in [5.41, 5.74) is 1.22. The number of fused-ring (bicyclic) bond motifs is 1. The van der Waals surface area contributed by atoms with E-state index >= 15 is 0 Å². The molecule has 0 radical (unpaired) electrons. The molecule has 1 aliphatic rings. The highest BCUT2D eigenvalue weighted by Gasteiger charge is 2.23. The molecule has 0 spiro atoms. The van der Waals surface area contributed by atoms with Crippen molar-refractivity contribution < 1.29 is 4.74 Å². The number of hydrogen-bond acceptors (Lipinski definition) is 6. The molecule has 110 valence electrons. The molecular weight excluding hydrogens is 270 g/mol. The van der Waals surface area contributed by atoms with Gasteiger partial charge in [0, 0.05) is 24.5 Å². The molecule has 0 fully saturated rings. The Hall–Kier alpha value is -2.57. The van der Waals surface area contributed by atoms with E-state index in [2.05, 4.69) is 27.2 Å². The fraction of sp³-hybridized carbons (Fsp3) is 0.357. The molecule has 0 unspecified atom stereocenters. The Bertz CT molecular complexity index is 671. The molecule has 0 atom stereocenters. The van der Waals surface area contributed by atoms with Crippen LogP contribution in [0.15, 0.2) is 29.3 Å². The van der Waals surface area contributed by atoms with Crippen LogP contribution in [0, 0.1) is 0 Å². The van der Waals surface area contributed by atoms with Crippen molar-refractivity contribution in [2.45, 2.75) is 20.0 Å². The fourth-order valence-electron chi connectivity index (χ4n) is 2.24. The van der Waals surface area contributed by atoms with Crippen molar-refractivity contribution in [1.82, 2.24) is 15.0 Å². The molecule has 0 saturated carbocycles. The topological polar surface area (TPSA) is 83.1 Å². The quantitative estimate of drug-likeness (QED) is 0.863. The smallest absolute Gasteiger partial charge is 0.298 e. The van der Waals surface area contributed by atoms with Crippen molar-refractivity contribution >= 4 is 11.5 Å². The van der Waals surface area contributed by atoms with Crippen molar-refractivity contribution in [2.24, 2.45) is 0 Å². The first kappa shape index (κ1) is 13.4. The minimum absolute atomic E-state index is 0.209. The number of nitrogens with one attached hydrogen (secondary N) is 2. The summed E-state index contributed by atoms with van der Waals surface area (Å²) in [5, 5.41) is 3.06. The van der Waals surface area contributed by atoms with Crippen LogP contribution in [0.4, 0.5) is 11.5 Å². The number of ether oxygens (including phenoxy) is 1. The highest BCUT2D eigenvalue weighted by Crippen LogP contribution is 2.26. The van der Waals surface area contributed by atoms with Crippen LogP contribution in [0.2, 0.25) is 0 Å². The predicted molar refractivity (Wildman–Crippen MR) is 79.6 cm³/mol. The molecular formula is C14H17N5O2. The van der Waals surface area contributed by atoms with Gasteiger partial charge in [-0.2, -0.15) is 4.98 Å². The Morgan fingerprint density at radius 3 is 3.14 bits per heavy atom. The lowest BCUT2D eigenvalue weighted by Crippen LogP contribution is -2.24. The normalized spacial score (nSPS) is 12.9. The molecule has 7 heteroatoms. The Balaban J connectivity index is 1.79. The summed E-state index contributed by atoms with van der Waals surface area (Å²) < 4.78 is 5.56. The molecule has 3 heterocycles. The van der Waals surface area contributed by atoms with Gasteiger partial charge in [0.05, 0.1) is 6.67 Å². The second-order valence-corrected chi connectivity index (χ2v) is 4.82. The predicted octanol–water partition coefficient (Wildman–Crippen LogP) is 1.34. The standard InChI is InChI=1S/C14H17N5O2/c1-2-6-19-9-16-11-12(19)17-14(18-13(11)20)21-8-10-4-3-5-15-7-10/h3-5,7,16H,2,6,8-9H2,1H3,(H,17,18,20). The zero-order chi connectivity index (χ0) is 14.7. The van der Waals surface area contributed by atoms with Gasteiger partial charge in [0.2, 0.25) is 0 Å². The van der Waals surface area contributed by atoms with E-state index in [0.717, 1.165) is 18.5 Å². The van der Waals surface area contributed by atoms with Gasteiger partial charge in [-0.25, -0.2) is 0 Å². The second kappa shape index (κ2) is 5.82. The SMILES string of the molecule is CCCN1CNc2c1nc(OCc1cccnc1)[nH]c2=O. The van der Waals surface area contributed by atoms with Gasteiger partial charge >= 0.3 is 0 Å². The molecule has 2 aromatic heterocycles. The van der Waals surface area contributed by atoms with E-state index in [-0.39, 0.29) is 11.6 Å². The zero-order valence-electron chi connectivity index (χ0n) is 11.8. The van der Waals surface area contributed by atoms with Gasteiger partial charge < -0.3 is 15.0 Å². The van der Waals surface area contributed by atoms with E-state index in [1.807, 2.05) is 17.0 Å². The van der Waals surface area contributed by atoms with Crippen LogP contribution in [-0.2, 0) is 6.61 Å². The number of nitrogens with zero attached hydrogens (tertiary/aromatic N) is 3. The Kier molecular flexibility index (Phi) is 3.72. The number of rotatable bonds is 5. The average Bonchev–Trinajstić information content (AvgIpc) is 2.90. The van der Waals surface area contributed by atoms with Crippen LogP contribution in [0.1, 0.15) is 18.9 Å². The lowest BCUT2D eigenvalue weighted by atomic mass is 10.3. The molecule has 1 aliphatic heterocycles. The Morgan fingerprint density at radius 2 is 2.38 bits per heavy atom. The van der Waals surface area contributed by atoms with Gasteiger partial charge in [0.1, 0.15) is 12.3 Å². The van der Waals surface area contributed by atoms with Gasteiger partial charge in [-0.05, 0) is 12.5 Å². The van der Waals surface area contributed by atoms with Gasteiger partial charge in [0.25, 0.3) is 11.6 Å². The molecule has 0 bridgehead atoms. The summed E-state index contributed by atoms with van der Waals surface area (Å²) in [6.45, 7) is 3.85. The van der Waals surface area contributed by atoms with Gasteiger partial charge in [0.15, 0.2) is 5.82 Å². The number of H-pyrrole nitrogens is 1. The number of pyridine rings is 1. The minimum Gasteiger partial charge on any atom is -0.460 e. The maximum absolute atomic E-state index is 12.0. The Morgan fingerprint density at radius 1 is 1.48 bits per heavy atom. The van der Waals surface area contributed by atoms with Crippen molar-refractivity contribution in [1.29, 1.82) is 0 Å². The summed E-state index contributed by atoms with van der Waals surface area (Å²) in [7, 11) is 0. The van der Waals surface area contributed by atoms with Crippen molar-refractivity contribution in [3.05, 3.63) is 40.4 Å². The third-order valence-electron chi connectivity index (χ3n) is 3.22. The van der Waals surface area contributed by atoms with E-state index < -0.39 is 0 Å². The molecule has 7 nitrogen and oxygen atoms in total. The summed E-state index contributed by atoms with van der Waals surface area (Å²) in [6, 6.07) is 3.97. The first-order valence-corrected chi connectivity index (χ1v) is 6.92. The molecule has 0 aromatic carbocycles. The second-order valence-electron chi connectivity index (χ2n) is 4.82. The molecule has 0 saturated heterocycles. The van der Waals surface area contributed by atoms with Crippen LogP contribution in [0.25, 0.3) is 0 Å². The first-order valence-electron chi connectivity index (χ1n) is 6.92. The Labute approximate surface area is 122 Å². The van der Waals surface area contributed by atoms with Crippen LogP contribution in [-0.4, -0.2) is 28.2 Å². The largest absolute Gasteiger partial charge is 0.460 e. The van der Waals surface area contributed by atoms with Crippen LogP contribution >= 0.6 is 0 Å². The van der Waals surface area contributed by atoms with Crippen molar-refractivity contribution in [3.63, 3.8) is 0 Å². The van der Waals surface area contributed by atoms with E-state index in [1.54, 1.807) is 12.4 Å². The lowest BCUT2D eigenvalue weighted by molar-refractivity contribution is 0.280. The molecule has 21 heavy (non-hydrogen) atoms. The first-order chi connectivity index (χ1) is 10.3. The van der Waals surface area contributed by atoms with Crippen LogP contribution < -0.4 is 20.5 Å². The number of anilines is 2.